The average Bonchev–Trinajstić information content (AvgIpc) is 2.86. The van der Waals surface area contributed by atoms with E-state index in [9.17, 15) is 32.7 Å². The summed E-state index contributed by atoms with van der Waals surface area (Å²) >= 11 is 0. The summed E-state index contributed by atoms with van der Waals surface area (Å²) in [5.74, 6) is -3.85. The van der Waals surface area contributed by atoms with Gasteiger partial charge in [-0.15, -0.1) is 0 Å². The lowest BCUT2D eigenvalue weighted by Gasteiger charge is -2.24. The highest BCUT2D eigenvalue weighted by molar-refractivity contribution is 5.91. The van der Waals surface area contributed by atoms with Crippen LogP contribution in [0, 0.1) is 6.92 Å². The van der Waals surface area contributed by atoms with Crippen molar-refractivity contribution < 1.29 is 47.2 Å². The number of rotatable bonds is 12. The molecule has 2 N–H and O–H groups in total. The fraction of sp³-hybridized carbons (Fsp3) is 0.269. The molecular formula is C26H26F3N3O7. The highest BCUT2D eigenvalue weighted by Gasteiger charge is 2.34. The lowest BCUT2D eigenvalue weighted by atomic mass is 10.0. The maximum atomic E-state index is 13.4. The predicted octanol–water partition coefficient (Wildman–Crippen LogP) is 5.67. The second kappa shape index (κ2) is 13.2. The van der Waals surface area contributed by atoms with Gasteiger partial charge in [0.15, 0.2) is 5.76 Å². The van der Waals surface area contributed by atoms with Crippen molar-refractivity contribution in [2.75, 3.05) is 31.2 Å². The minimum absolute atomic E-state index is 0.0192. The number of benzene rings is 2. The van der Waals surface area contributed by atoms with Crippen LogP contribution in [0.4, 0.5) is 30.2 Å². The van der Waals surface area contributed by atoms with Crippen LogP contribution in [0.15, 0.2) is 71.1 Å². The minimum atomic E-state index is -4.78. The largest absolute Gasteiger partial charge is 0.502 e. The molecule has 0 unspecified atom stereocenters. The van der Waals surface area contributed by atoms with Crippen LogP contribution in [0.3, 0.4) is 0 Å². The Hall–Kier alpha value is -4.68. The Morgan fingerprint density at radius 2 is 1.46 bits per heavy atom. The highest BCUT2D eigenvalue weighted by Crippen LogP contribution is 2.36. The van der Waals surface area contributed by atoms with Crippen LogP contribution in [0.5, 0.6) is 0 Å². The van der Waals surface area contributed by atoms with Gasteiger partial charge in [-0.2, -0.15) is 23.4 Å². The molecule has 0 atom stereocenters. The molecule has 0 aliphatic carbocycles. The number of halogens is 3. The van der Waals surface area contributed by atoms with Gasteiger partial charge in [0.05, 0.1) is 35.6 Å². The number of anilines is 1. The number of nitrogens with zero attached hydrogens (tertiary/aromatic N) is 3. The molecule has 0 saturated carbocycles. The van der Waals surface area contributed by atoms with Crippen LogP contribution in [0.2, 0.25) is 0 Å². The number of azo groups is 1. The third-order valence-corrected chi connectivity index (χ3v) is 5.20. The molecule has 208 valence electrons. The zero-order valence-corrected chi connectivity index (χ0v) is 21.1. The molecule has 0 radical (unpaired) electrons. The van der Waals surface area contributed by atoms with Gasteiger partial charge in [0.1, 0.15) is 13.2 Å². The van der Waals surface area contributed by atoms with Crippen molar-refractivity contribution in [3.63, 3.8) is 0 Å². The molecule has 0 saturated heterocycles. The summed E-state index contributed by atoms with van der Waals surface area (Å²) in [6.45, 7) is 9.33. The normalized spacial score (nSPS) is 11.2. The van der Waals surface area contributed by atoms with Crippen molar-refractivity contribution in [3.05, 3.63) is 77.6 Å². The first-order valence-electron chi connectivity index (χ1n) is 11.3. The summed E-state index contributed by atoms with van der Waals surface area (Å²) in [6.07, 6.45) is -4.78. The molecule has 0 heterocycles. The lowest BCUT2D eigenvalue weighted by Crippen LogP contribution is -2.32. The topological polar surface area (TPSA) is 138 Å². The second-order valence-electron chi connectivity index (χ2n) is 8.17. The van der Waals surface area contributed by atoms with Crippen molar-refractivity contribution in [2.45, 2.75) is 20.0 Å². The number of hydrogen-bond acceptors (Lipinski definition) is 9. The van der Waals surface area contributed by atoms with Gasteiger partial charge in [-0.3, -0.25) is 0 Å². The molecule has 2 aromatic rings. The molecule has 13 heteroatoms. The van der Waals surface area contributed by atoms with E-state index in [-0.39, 0.29) is 43.3 Å². The summed E-state index contributed by atoms with van der Waals surface area (Å²) in [5, 5.41) is 26.0. The Labute approximate surface area is 221 Å². The third-order valence-electron chi connectivity index (χ3n) is 5.20. The quantitative estimate of drug-likeness (QED) is 0.150. The third kappa shape index (κ3) is 8.98. The molecule has 39 heavy (non-hydrogen) atoms. The fourth-order valence-electron chi connectivity index (χ4n) is 3.19. The van der Waals surface area contributed by atoms with Crippen molar-refractivity contribution in [3.8, 4) is 0 Å². The minimum Gasteiger partial charge on any atom is -0.502 e. The van der Waals surface area contributed by atoms with Gasteiger partial charge in [-0.05, 0) is 62.4 Å². The van der Waals surface area contributed by atoms with E-state index in [0.29, 0.717) is 5.69 Å². The van der Waals surface area contributed by atoms with Crippen LogP contribution in [0.1, 0.15) is 28.4 Å². The molecule has 0 fully saturated rings. The number of hydrogen-bond donors (Lipinski definition) is 2. The zero-order valence-electron chi connectivity index (χ0n) is 21.1. The molecule has 2 aromatic carbocycles. The van der Waals surface area contributed by atoms with Crippen molar-refractivity contribution >= 4 is 35.0 Å². The molecule has 0 aromatic heterocycles. The summed E-state index contributed by atoms with van der Waals surface area (Å²) in [7, 11) is 0. The van der Waals surface area contributed by atoms with E-state index < -0.39 is 46.5 Å². The average molecular weight is 550 g/mol. The first-order valence-corrected chi connectivity index (χ1v) is 11.3. The maximum Gasteiger partial charge on any atom is 0.416 e. The number of aromatic carboxylic acids is 1. The predicted molar refractivity (Wildman–Crippen MR) is 134 cm³/mol. The van der Waals surface area contributed by atoms with Gasteiger partial charge in [-0.1, -0.05) is 6.58 Å². The summed E-state index contributed by atoms with van der Waals surface area (Å²) in [5.41, 5.74) is -1.33. The smallest absolute Gasteiger partial charge is 0.416 e. The van der Waals surface area contributed by atoms with Crippen LogP contribution < -0.4 is 4.90 Å². The molecule has 0 bridgehead atoms. The first-order chi connectivity index (χ1) is 18.2. The van der Waals surface area contributed by atoms with E-state index in [0.717, 1.165) is 19.1 Å². The maximum absolute atomic E-state index is 13.4. The van der Waals surface area contributed by atoms with E-state index in [1.165, 1.54) is 19.1 Å². The van der Waals surface area contributed by atoms with Crippen LogP contribution in [0.25, 0.3) is 0 Å². The Kier molecular flexibility index (Phi) is 10.3. The Balaban J connectivity index is 2.23. The Morgan fingerprint density at radius 1 is 0.923 bits per heavy atom. The Morgan fingerprint density at radius 3 is 1.95 bits per heavy atom. The van der Waals surface area contributed by atoms with Crippen LogP contribution in [-0.2, 0) is 25.2 Å². The van der Waals surface area contributed by atoms with Gasteiger partial charge in [0.25, 0.3) is 0 Å². The first kappa shape index (κ1) is 30.5. The number of esters is 2. The lowest BCUT2D eigenvalue weighted by molar-refractivity contribution is -0.141. The molecule has 0 amide bonds. The van der Waals surface area contributed by atoms with Crippen molar-refractivity contribution in [1.29, 1.82) is 0 Å². The summed E-state index contributed by atoms with van der Waals surface area (Å²) in [6, 6.07) is 7.92. The number of carbonyl (C=O) groups excluding carboxylic acids is 2. The number of aliphatic hydroxyl groups is 1. The molecule has 0 aliphatic heterocycles. The van der Waals surface area contributed by atoms with Crippen molar-refractivity contribution in [1.82, 2.24) is 0 Å². The molecular weight excluding hydrogens is 523 g/mol. The van der Waals surface area contributed by atoms with E-state index in [2.05, 4.69) is 23.4 Å². The highest BCUT2D eigenvalue weighted by atomic mass is 19.4. The number of carbonyl (C=O) groups is 3. The number of carboxylic acids is 1. The van der Waals surface area contributed by atoms with Gasteiger partial charge in [-0.25, -0.2) is 14.4 Å². The van der Waals surface area contributed by atoms with E-state index >= 15 is 0 Å². The van der Waals surface area contributed by atoms with Gasteiger partial charge in [0.2, 0.25) is 0 Å². The number of aliphatic hydroxyl groups excluding tert-OH is 1. The van der Waals surface area contributed by atoms with Crippen molar-refractivity contribution in [2.24, 2.45) is 10.2 Å². The van der Waals surface area contributed by atoms with Gasteiger partial charge < -0.3 is 24.6 Å². The van der Waals surface area contributed by atoms with Gasteiger partial charge in [0, 0.05) is 11.3 Å². The molecule has 0 aliphatic rings. The molecule has 10 nitrogen and oxygen atoms in total. The monoisotopic (exact) mass is 549 g/mol. The van der Waals surface area contributed by atoms with E-state index in [4.69, 9.17) is 14.6 Å². The zero-order chi connectivity index (χ0) is 29.3. The molecule has 0 spiro atoms. The van der Waals surface area contributed by atoms with Gasteiger partial charge >= 0.3 is 24.1 Å². The number of ether oxygens (including phenoxy) is 2. The SMILES string of the molecule is C=C(C)C(=O)OCCN(CCOC(=O)C(=C)O)c1ccc(N=Nc2cc(C(=O)O)c(C)c(C(F)(F)F)c2)cc1. The van der Waals surface area contributed by atoms with E-state index in [1.54, 1.807) is 17.0 Å². The Bertz CT molecular complexity index is 1260. The number of carboxylic acid groups (broad SMARTS) is 1. The summed E-state index contributed by atoms with van der Waals surface area (Å²) in [4.78, 5) is 36.2. The van der Waals surface area contributed by atoms with Crippen LogP contribution in [-0.4, -0.2) is 54.4 Å². The van der Waals surface area contributed by atoms with Crippen LogP contribution >= 0.6 is 0 Å². The number of alkyl halides is 3. The second-order valence-corrected chi connectivity index (χ2v) is 8.17. The molecule has 2 rings (SSSR count). The fourth-order valence-corrected chi connectivity index (χ4v) is 3.19. The summed E-state index contributed by atoms with van der Waals surface area (Å²) < 4.78 is 50.1. The standard InChI is InChI=1S/C26H26F3N3O7/c1-15(2)24(36)38-11-9-32(10-12-39-25(37)17(4)33)20-7-5-18(6-8-20)30-31-19-13-21(23(34)35)16(3)22(14-19)26(27,28)29/h5-8,13-14,33H,1,4,9-12H2,2-3H3,(H,34,35). The van der Waals surface area contributed by atoms with E-state index in [1.807, 2.05) is 0 Å².